The van der Waals surface area contributed by atoms with E-state index in [1.165, 1.54) is 0 Å². The third-order valence-corrected chi connectivity index (χ3v) is 6.12. The molecule has 1 atom stereocenters. The molecule has 5 nitrogen and oxygen atoms in total. The van der Waals surface area contributed by atoms with Crippen LogP contribution in [0.4, 0.5) is 0 Å². The van der Waals surface area contributed by atoms with Crippen molar-refractivity contribution in [1.82, 2.24) is 9.80 Å². The Bertz CT molecular complexity index is 1150. The van der Waals surface area contributed by atoms with E-state index >= 15 is 0 Å². The highest BCUT2D eigenvalue weighted by atomic mass is 35.5. The SMILES string of the molecule is Cc1cc(C(=O)N2CCN3C(=O)c4ccccc4C32c2ccc(Cl)cc2)c(C)o1. The summed E-state index contributed by atoms with van der Waals surface area (Å²) in [5, 5.41) is 0.603. The second-order valence-corrected chi connectivity index (χ2v) is 7.90. The van der Waals surface area contributed by atoms with Gasteiger partial charge in [0.1, 0.15) is 11.5 Å². The van der Waals surface area contributed by atoms with Crippen LogP contribution in [-0.4, -0.2) is 34.7 Å². The minimum Gasteiger partial charge on any atom is -0.466 e. The highest BCUT2D eigenvalue weighted by molar-refractivity contribution is 6.30. The first kappa shape index (κ1) is 18.0. The van der Waals surface area contributed by atoms with Crippen molar-refractivity contribution in [3.05, 3.63) is 93.4 Å². The Morgan fingerprint density at radius 3 is 2.48 bits per heavy atom. The van der Waals surface area contributed by atoms with E-state index in [1.54, 1.807) is 34.9 Å². The van der Waals surface area contributed by atoms with Gasteiger partial charge in [0.15, 0.2) is 5.66 Å². The summed E-state index contributed by atoms with van der Waals surface area (Å²) in [7, 11) is 0. The molecule has 1 fully saturated rings. The zero-order valence-electron chi connectivity index (χ0n) is 16.1. The molecule has 3 aromatic rings. The van der Waals surface area contributed by atoms with Crippen molar-refractivity contribution in [2.75, 3.05) is 13.1 Å². The molecule has 1 saturated heterocycles. The minimum absolute atomic E-state index is 0.0639. The molecule has 6 heteroatoms. The Kier molecular flexibility index (Phi) is 3.87. The summed E-state index contributed by atoms with van der Waals surface area (Å²) >= 11 is 6.13. The van der Waals surface area contributed by atoms with Crippen LogP contribution in [0.5, 0.6) is 0 Å². The quantitative estimate of drug-likeness (QED) is 0.635. The van der Waals surface area contributed by atoms with E-state index in [9.17, 15) is 9.59 Å². The number of nitrogens with zero attached hydrogens (tertiary/aromatic N) is 2. The van der Waals surface area contributed by atoms with Crippen LogP contribution in [0.3, 0.4) is 0 Å². The summed E-state index contributed by atoms with van der Waals surface area (Å²) in [5.41, 5.74) is 1.81. The first-order chi connectivity index (χ1) is 13.9. The predicted octanol–water partition coefficient (Wildman–Crippen LogP) is 4.36. The number of aryl methyl sites for hydroxylation is 2. The van der Waals surface area contributed by atoms with Gasteiger partial charge < -0.3 is 14.2 Å². The molecule has 3 heterocycles. The summed E-state index contributed by atoms with van der Waals surface area (Å²) in [6.07, 6.45) is 0. The lowest BCUT2D eigenvalue weighted by molar-refractivity contribution is 0.0374. The number of carbonyl (C=O) groups is 2. The maximum absolute atomic E-state index is 13.7. The van der Waals surface area contributed by atoms with Crippen LogP contribution in [0.2, 0.25) is 5.02 Å². The fraction of sp³-hybridized carbons (Fsp3) is 0.217. The van der Waals surface area contributed by atoms with E-state index in [2.05, 4.69) is 0 Å². The molecule has 0 bridgehead atoms. The summed E-state index contributed by atoms with van der Waals surface area (Å²) in [6, 6.07) is 16.6. The zero-order valence-corrected chi connectivity index (χ0v) is 16.9. The number of carbonyl (C=O) groups excluding carboxylic acids is 2. The number of furan rings is 1. The molecule has 0 spiro atoms. The second-order valence-electron chi connectivity index (χ2n) is 7.47. The van der Waals surface area contributed by atoms with Crippen molar-refractivity contribution < 1.29 is 14.0 Å². The molecule has 2 amide bonds. The molecule has 1 aromatic heterocycles. The van der Waals surface area contributed by atoms with Crippen LogP contribution in [-0.2, 0) is 5.66 Å². The van der Waals surface area contributed by atoms with Crippen molar-refractivity contribution in [3.63, 3.8) is 0 Å². The van der Waals surface area contributed by atoms with E-state index in [0.29, 0.717) is 40.8 Å². The molecule has 5 rings (SSSR count). The number of hydrogen-bond donors (Lipinski definition) is 0. The van der Waals surface area contributed by atoms with Gasteiger partial charge >= 0.3 is 0 Å². The average molecular weight is 407 g/mol. The Morgan fingerprint density at radius 2 is 1.79 bits per heavy atom. The monoisotopic (exact) mass is 406 g/mol. The molecule has 0 aliphatic carbocycles. The Labute approximate surface area is 173 Å². The molecule has 1 unspecified atom stereocenters. The van der Waals surface area contributed by atoms with Crippen LogP contribution in [0, 0.1) is 13.8 Å². The standard InChI is InChI=1S/C23H19ClN2O3/c1-14-13-19(15(2)29-14)22(28)26-12-11-25-21(27)18-5-3-4-6-20(18)23(25,26)16-7-9-17(24)10-8-16/h3-10,13H,11-12H2,1-2H3. The Morgan fingerprint density at radius 1 is 1.07 bits per heavy atom. The molecule has 146 valence electrons. The molecular formula is C23H19ClN2O3. The largest absolute Gasteiger partial charge is 0.466 e. The highest BCUT2D eigenvalue weighted by Crippen LogP contribution is 2.50. The normalized spacial score (nSPS) is 20.2. The Balaban J connectivity index is 1.76. The first-order valence-electron chi connectivity index (χ1n) is 9.51. The van der Waals surface area contributed by atoms with Crippen molar-refractivity contribution >= 4 is 23.4 Å². The van der Waals surface area contributed by atoms with E-state index < -0.39 is 5.66 Å². The molecule has 2 aliphatic heterocycles. The van der Waals surface area contributed by atoms with Gasteiger partial charge in [-0.25, -0.2) is 0 Å². The van der Waals surface area contributed by atoms with E-state index in [0.717, 1.165) is 11.1 Å². The molecule has 2 aliphatic rings. The third-order valence-electron chi connectivity index (χ3n) is 5.87. The minimum atomic E-state index is -0.993. The fourth-order valence-corrected chi connectivity index (χ4v) is 4.84. The lowest BCUT2D eigenvalue weighted by Crippen LogP contribution is -2.51. The van der Waals surface area contributed by atoms with Crippen LogP contribution in [0.25, 0.3) is 0 Å². The Hall–Kier alpha value is -3.05. The van der Waals surface area contributed by atoms with Crippen LogP contribution in [0.1, 0.15) is 43.4 Å². The van der Waals surface area contributed by atoms with Crippen LogP contribution >= 0.6 is 11.6 Å². The van der Waals surface area contributed by atoms with Crippen molar-refractivity contribution in [2.24, 2.45) is 0 Å². The predicted molar refractivity (Wildman–Crippen MR) is 109 cm³/mol. The number of rotatable bonds is 2. The summed E-state index contributed by atoms with van der Waals surface area (Å²) in [6.45, 7) is 4.50. The second kappa shape index (κ2) is 6.22. The maximum Gasteiger partial charge on any atom is 0.259 e. The molecule has 29 heavy (non-hydrogen) atoms. The lowest BCUT2D eigenvalue weighted by Gasteiger charge is -2.40. The highest BCUT2D eigenvalue weighted by Gasteiger charge is 2.59. The van der Waals surface area contributed by atoms with E-state index in [-0.39, 0.29) is 11.8 Å². The van der Waals surface area contributed by atoms with Crippen molar-refractivity contribution in [2.45, 2.75) is 19.5 Å². The summed E-state index contributed by atoms with van der Waals surface area (Å²) < 4.78 is 5.61. The third kappa shape index (κ3) is 2.34. The molecule has 0 radical (unpaired) electrons. The molecule has 0 N–H and O–H groups in total. The van der Waals surface area contributed by atoms with Gasteiger partial charge in [-0.1, -0.05) is 41.9 Å². The van der Waals surface area contributed by atoms with Gasteiger partial charge in [-0.05, 0) is 38.1 Å². The van der Waals surface area contributed by atoms with Crippen LogP contribution < -0.4 is 0 Å². The molecule has 2 aromatic carbocycles. The summed E-state index contributed by atoms with van der Waals surface area (Å²) in [5.74, 6) is 1.05. The van der Waals surface area contributed by atoms with Crippen molar-refractivity contribution in [3.8, 4) is 0 Å². The fourth-order valence-electron chi connectivity index (χ4n) is 4.71. The maximum atomic E-state index is 13.7. The zero-order chi connectivity index (χ0) is 20.3. The van der Waals surface area contributed by atoms with E-state index in [1.807, 2.05) is 43.3 Å². The number of hydrogen-bond acceptors (Lipinski definition) is 3. The number of halogens is 1. The van der Waals surface area contributed by atoms with Crippen LogP contribution in [0.15, 0.2) is 59.0 Å². The average Bonchev–Trinajstić information content (AvgIpc) is 3.34. The van der Waals surface area contributed by atoms with Gasteiger partial charge in [0, 0.05) is 34.8 Å². The molecule has 0 saturated carbocycles. The van der Waals surface area contributed by atoms with Gasteiger partial charge in [-0.3, -0.25) is 9.59 Å². The van der Waals surface area contributed by atoms with Gasteiger partial charge in [-0.15, -0.1) is 0 Å². The van der Waals surface area contributed by atoms with Gasteiger partial charge in [0.2, 0.25) is 0 Å². The summed E-state index contributed by atoms with van der Waals surface area (Å²) in [4.78, 5) is 30.5. The first-order valence-corrected chi connectivity index (χ1v) is 9.89. The topological polar surface area (TPSA) is 53.8 Å². The molecular weight excluding hydrogens is 388 g/mol. The number of amides is 2. The van der Waals surface area contributed by atoms with Gasteiger partial charge in [0.25, 0.3) is 11.8 Å². The smallest absolute Gasteiger partial charge is 0.259 e. The van der Waals surface area contributed by atoms with Gasteiger partial charge in [-0.2, -0.15) is 0 Å². The van der Waals surface area contributed by atoms with Crippen molar-refractivity contribution in [1.29, 1.82) is 0 Å². The number of fused-ring (bicyclic) bond motifs is 3. The van der Waals surface area contributed by atoms with Gasteiger partial charge in [0.05, 0.1) is 5.56 Å². The lowest BCUT2D eigenvalue weighted by atomic mass is 9.89. The van der Waals surface area contributed by atoms with E-state index in [4.69, 9.17) is 16.0 Å². The number of benzene rings is 2.